The first-order chi connectivity index (χ1) is 6.71. The Morgan fingerprint density at radius 3 is 2.13 bits per heavy atom. The lowest BCUT2D eigenvalue weighted by atomic mass is 9.87. The third-order valence-electron chi connectivity index (χ3n) is 3.00. The second kappa shape index (κ2) is 4.39. The summed E-state index contributed by atoms with van der Waals surface area (Å²) in [7, 11) is -2.77. The largest absolute Gasteiger partial charge is 0.326 e. The summed E-state index contributed by atoms with van der Waals surface area (Å²) in [6.45, 7) is 8.38. The van der Waals surface area contributed by atoms with Gasteiger partial charge in [-0.2, -0.15) is 0 Å². The Balaban J connectivity index is 2.43. The van der Waals surface area contributed by atoms with Gasteiger partial charge in [-0.15, -0.1) is 0 Å². The van der Waals surface area contributed by atoms with Crippen LogP contribution in [0.15, 0.2) is 0 Å². The summed E-state index contributed by atoms with van der Waals surface area (Å²) in [5.41, 5.74) is 6.14. The van der Waals surface area contributed by atoms with Gasteiger partial charge in [0.2, 0.25) is 0 Å². The maximum Gasteiger partial charge on any atom is 0.152 e. The van der Waals surface area contributed by atoms with Crippen LogP contribution in [0.1, 0.15) is 20.8 Å². The average molecular weight is 234 g/mol. The molecule has 1 rings (SSSR count). The fraction of sp³-hybridized carbons (Fsp3) is 1.00. The Kier molecular flexibility index (Phi) is 3.79. The molecule has 0 bridgehead atoms. The van der Waals surface area contributed by atoms with E-state index in [1.165, 1.54) is 0 Å². The first-order valence-corrected chi connectivity index (χ1v) is 7.21. The lowest BCUT2D eigenvalue weighted by Gasteiger charge is -2.34. The Labute approximate surface area is 92.7 Å². The molecule has 5 heteroatoms. The van der Waals surface area contributed by atoms with E-state index < -0.39 is 9.84 Å². The predicted octanol–water partition coefficient (Wildman–Crippen LogP) is 0.0902. The highest BCUT2D eigenvalue weighted by molar-refractivity contribution is 7.91. The molecule has 0 aliphatic carbocycles. The highest BCUT2D eigenvalue weighted by atomic mass is 32.2. The zero-order valence-electron chi connectivity index (χ0n) is 9.86. The van der Waals surface area contributed by atoms with E-state index in [9.17, 15) is 8.42 Å². The van der Waals surface area contributed by atoms with Crippen molar-refractivity contribution in [3.63, 3.8) is 0 Å². The van der Waals surface area contributed by atoms with Crippen LogP contribution >= 0.6 is 0 Å². The van der Waals surface area contributed by atoms with E-state index in [-0.39, 0.29) is 23.0 Å². The monoisotopic (exact) mass is 234 g/mol. The Morgan fingerprint density at radius 2 is 1.73 bits per heavy atom. The fourth-order valence-electron chi connectivity index (χ4n) is 1.48. The smallest absolute Gasteiger partial charge is 0.152 e. The standard InChI is InChI=1S/C10H22N2O2S/c1-10(2,3)9(11)8-12-4-6-15(13,14)7-5-12/h9H,4-8,11H2,1-3H3. The maximum atomic E-state index is 11.2. The Morgan fingerprint density at radius 1 is 1.27 bits per heavy atom. The molecule has 1 heterocycles. The van der Waals surface area contributed by atoms with Gasteiger partial charge in [-0.1, -0.05) is 20.8 Å². The Bertz CT molecular complexity index is 292. The van der Waals surface area contributed by atoms with E-state index in [0.29, 0.717) is 13.1 Å². The van der Waals surface area contributed by atoms with Gasteiger partial charge in [0, 0.05) is 25.7 Å². The average Bonchev–Trinajstić information content (AvgIpc) is 2.07. The maximum absolute atomic E-state index is 11.2. The molecule has 4 nitrogen and oxygen atoms in total. The van der Waals surface area contributed by atoms with Crippen LogP contribution < -0.4 is 5.73 Å². The summed E-state index contributed by atoms with van der Waals surface area (Å²) >= 11 is 0. The van der Waals surface area contributed by atoms with Gasteiger partial charge >= 0.3 is 0 Å². The van der Waals surface area contributed by atoms with Crippen molar-refractivity contribution >= 4 is 9.84 Å². The lowest BCUT2D eigenvalue weighted by Crippen LogP contribution is -2.49. The van der Waals surface area contributed by atoms with Crippen molar-refractivity contribution in [2.45, 2.75) is 26.8 Å². The van der Waals surface area contributed by atoms with Crippen LogP contribution in [-0.2, 0) is 9.84 Å². The zero-order chi connectivity index (χ0) is 11.7. The van der Waals surface area contributed by atoms with Crippen LogP contribution in [0.2, 0.25) is 0 Å². The van der Waals surface area contributed by atoms with Crippen molar-refractivity contribution < 1.29 is 8.42 Å². The van der Waals surface area contributed by atoms with Gasteiger partial charge in [0.1, 0.15) is 0 Å². The Hall–Kier alpha value is -0.130. The first-order valence-electron chi connectivity index (χ1n) is 5.39. The van der Waals surface area contributed by atoms with Crippen LogP contribution in [0.5, 0.6) is 0 Å². The van der Waals surface area contributed by atoms with Gasteiger partial charge in [0.05, 0.1) is 11.5 Å². The van der Waals surface area contributed by atoms with Gasteiger partial charge in [0.25, 0.3) is 0 Å². The molecule has 2 N–H and O–H groups in total. The lowest BCUT2D eigenvalue weighted by molar-refractivity contribution is 0.209. The molecule has 0 amide bonds. The number of rotatable bonds is 2. The highest BCUT2D eigenvalue weighted by Gasteiger charge is 2.27. The molecule has 1 saturated heterocycles. The first kappa shape index (κ1) is 12.9. The van der Waals surface area contributed by atoms with E-state index >= 15 is 0 Å². The van der Waals surface area contributed by atoms with Crippen LogP contribution in [-0.4, -0.2) is 50.5 Å². The second-order valence-corrected chi connectivity index (χ2v) is 7.73. The fourth-order valence-corrected chi connectivity index (χ4v) is 2.76. The van der Waals surface area contributed by atoms with Crippen molar-refractivity contribution in [3.8, 4) is 0 Å². The molecule has 0 aromatic carbocycles. The van der Waals surface area contributed by atoms with Gasteiger partial charge in [0.15, 0.2) is 9.84 Å². The summed E-state index contributed by atoms with van der Waals surface area (Å²) in [5, 5.41) is 0. The predicted molar refractivity (Wildman–Crippen MR) is 62.5 cm³/mol. The molecule has 0 aromatic heterocycles. The topological polar surface area (TPSA) is 63.4 Å². The quantitative estimate of drug-likeness (QED) is 0.735. The van der Waals surface area contributed by atoms with E-state index in [1.54, 1.807) is 0 Å². The van der Waals surface area contributed by atoms with E-state index in [1.807, 2.05) is 0 Å². The molecular weight excluding hydrogens is 212 g/mol. The minimum atomic E-state index is -2.77. The molecular formula is C10H22N2O2S. The SMILES string of the molecule is CC(C)(C)C(N)CN1CCS(=O)(=O)CC1. The summed E-state index contributed by atoms with van der Waals surface area (Å²) < 4.78 is 22.4. The molecule has 1 aliphatic rings. The van der Waals surface area contributed by atoms with Crippen molar-refractivity contribution in [2.75, 3.05) is 31.1 Å². The van der Waals surface area contributed by atoms with Gasteiger partial charge in [-0.05, 0) is 5.41 Å². The van der Waals surface area contributed by atoms with Gasteiger partial charge < -0.3 is 5.73 Å². The molecule has 1 unspecified atom stereocenters. The molecule has 1 aliphatic heterocycles. The number of sulfone groups is 1. The molecule has 0 spiro atoms. The van der Waals surface area contributed by atoms with E-state index in [0.717, 1.165) is 6.54 Å². The van der Waals surface area contributed by atoms with Crippen molar-refractivity contribution in [2.24, 2.45) is 11.1 Å². The third kappa shape index (κ3) is 4.09. The van der Waals surface area contributed by atoms with Crippen LogP contribution in [0.25, 0.3) is 0 Å². The van der Waals surface area contributed by atoms with Crippen molar-refractivity contribution in [1.82, 2.24) is 4.90 Å². The number of nitrogens with two attached hydrogens (primary N) is 1. The highest BCUT2D eigenvalue weighted by Crippen LogP contribution is 2.18. The van der Waals surface area contributed by atoms with Crippen molar-refractivity contribution in [3.05, 3.63) is 0 Å². The molecule has 0 aromatic rings. The van der Waals surface area contributed by atoms with Gasteiger partial charge in [-0.3, -0.25) is 4.90 Å². The second-order valence-electron chi connectivity index (χ2n) is 5.42. The summed E-state index contributed by atoms with van der Waals surface area (Å²) in [6.07, 6.45) is 0. The molecule has 0 radical (unpaired) electrons. The minimum Gasteiger partial charge on any atom is -0.326 e. The van der Waals surface area contributed by atoms with E-state index in [2.05, 4.69) is 25.7 Å². The minimum absolute atomic E-state index is 0.0797. The summed E-state index contributed by atoms with van der Waals surface area (Å²) in [5.74, 6) is 0.563. The third-order valence-corrected chi connectivity index (χ3v) is 4.61. The summed E-state index contributed by atoms with van der Waals surface area (Å²) in [4.78, 5) is 2.15. The molecule has 1 atom stereocenters. The number of nitrogens with zero attached hydrogens (tertiary/aromatic N) is 1. The van der Waals surface area contributed by atoms with Crippen molar-refractivity contribution in [1.29, 1.82) is 0 Å². The summed E-state index contributed by atoms with van der Waals surface area (Å²) in [6, 6.07) is 0.0957. The number of hydrogen-bond acceptors (Lipinski definition) is 4. The molecule has 90 valence electrons. The molecule has 1 fully saturated rings. The molecule has 0 saturated carbocycles. The van der Waals surface area contributed by atoms with Gasteiger partial charge in [-0.25, -0.2) is 8.42 Å². The van der Waals surface area contributed by atoms with Crippen LogP contribution in [0.4, 0.5) is 0 Å². The zero-order valence-corrected chi connectivity index (χ0v) is 10.7. The van der Waals surface area contributed by atoms with Crippen LogP contribution in [0, 0.1) is 5.41 Å². The molecule has 15 heavy (non-hydrogen) atoms. The van der Waals surface area contributed by atoms with E-state index in [4.69, 9.17) is 5.73 Å². The van der Waals surface area contributed by atoms with Crippen LogP contribution in [0.3, 0.4) is 0 Å². The number of hydrogen-bond donors (Lipinski definition) is 1. The normalized spacial score (nSPS) is 25.1.